The summed E-state index contributed by atoms with van der Waals surface area (Å²) in [6, 6.07) is 0. The van der Waals surface area contributed by atoms with Crippen molar-refractivity contribution in [2.24, 2.45) is 28.4 Å². The number of hydrogen-bond donors (Lipinski definition) is 2. The molecule has 5 aliphatic carbocycles. The number of nitrogens with one attached hydrogen (secondary N) is 1. The zero-order valence-electron chi connectivity index (χ0n) is 12.7. The van der Waals surface area contributed by atoms with Gasteiger partial charge in [0, 0.05) is 6.54 Å². The summed E-state index contributed by atoms with van der Waals surface area (Å²) in [4.78, 5) is 13.0. The number of amides is 1. The zero-order valence-corrected chi connectivity index (χ0v) is 12.7. The Kier molecular flexibility index (Phi) is 2.62. The van der Waals surface area contributed by atoms with Crippen LogP contribution in [0.2, 0.25) is 0 Å². The highest BCUT2D eigenvalue weighted by Gasteiger charge is 2.59. The van der Waals surface area contributed by atoms with Gasteiger partial charge in [0.15, 0.2) is 0 Å². The summed E-state index contributed by atoms with van der Waals surface area (Å²) in [7, 11) is 0. The third-order valence-electron chi connectivity index (χ3n) is 6.92. The zero-order chi connectivity index (χ0) is 14.0. The van der Waals surface area contributed by atoms with Crippen LogP contribution >= 0.6 is 0 Å². The molecule has 0 radical (unpaired) electrons. The van der Waals surface area contributed by atoms with Gasteiger partial charge in [-0.05, 0) is 75.0 Å². The standard InChI is InChI=1S/C17H28N2O/c1-15-6-12-5-13(7-15)9-16(8-12,10-15)14(20)19-17(11-18)3-2-4-17/h12-13H,2-11,18H2,1H3,(H,19,20). The lowest BCUT2D eigenvalue weighted by Gasteiger charge is -2.61. The molecule has 20 heavy (non-hydrogen) atoms. The molecule has 3 N–H and O–H groups in total. The van der Waals surface area contributed by atoms with E-state index in [0.717, 1.165) is 43.9 Å². The fourth-order valence-corrected chi connectivity index (χ4v) is 6.34. The first kappa shape index (κ1) is 13.1. The largest absolute Gasteiger partial charge is 0.349 e. The van der Waals surface area contributed by atoms with Crippen LogP contribution in [-0.4, -0.2) is 18.0 Å². The molecule has 0 spiro atoms. The van der Waals surface area contributed by atoms with Crippen molar-refractivity contribution in [2.75, 3.05) is 6.54 Å². The molecule has 0 aromatic carbocycles. The van der Waals surface area contributed by atoms with Crippen LogP contribution in [-0.2, 0) is 4.79 Å². The van der Waals surface area contributed by atoms with E-state index in [1.54, 1.807) is 0 Å². The molecule has 2 unspecified atom stereocenters. The maximum Gasteiger partial charge on any atom is 0.226 e. The average Bonchev–Trinajstić information content (AvgIpc) is 2.30. The molecule has 1 amide bonds. The van der Waals surface area contributed by atoms with Gasteiger partial charge in [-0.2, -0.15) is 0 Å². The first-order valence-electron chi connectivity index (χ1n) is 8.49. The molecular formula is C17H28N2O. The predicted octanol–water partition coefficient (Wildman–Crippen LogP) is 2.59. The average molecular weight is 276 g/mol. The van der Waals surface area contributed by atoms with E-state index in [1.807, 2.05) is 0 Å². The Morgan fingerprint density at radius 3 is 2.30 bits per heavy atom. The summed E-state index contributed by atoms with van der Waals surface area (Å²) in [6.07, 6.45) is 10.9. The Morgan fingerprint density at radius 2 is 1.85 bits per heavy atom. The lowest BCUT2D eigenvalue weighted by molar-refractivity contribution is -0.158. The van der Waals surface area contributed by atoms with Crippen LogP contribution in [0.3, 0.4) is 0 Å². The van der Waals surface area contributed by atoms with Crippen LogP contribution in [0.15, 0.2) is 0 Å². The van der Waals surface area contributed by atoms with Gasteiger partial charge >= 0.3 is 0 Å². The third-order valence-corrected chi connectivity index (χ3v) is 6.92. The Hall–Kier alpha value is -0.570. The molecule has 0 saturated heterocycles. The molecule has 2 atom stereocenters. The lowest BCUT2D eigenvalue weighted by atomic mass is 9.44. The SMILES string of the molecule is CC12CC3CC(C1)CC(C(=O)NC1(CN)CCC1)(C3)C2. The normalized spacial score (nSPS) is 47.9. The van der Waals surface area contributed by atoms with Gasteiger partial charge in [0.25, 0.3) is 0 Å². The van der Waals surface area contributed by atoms with Gasteiger partial charge in [-0.1, -0.05) is 6.92 Å². The Labute approximate surface area is 122 Å². The second kappa shape index (κ2) is 4.00. The highest BCUT2D eigenvalue weighted by Crippen LogP contribution is 2.65. The molecule has 5 aliphatic rings. The Balaban J connectivity index is 1.56. The number of hydrogen-bond acceptors (Lipinski definition) is 2. The van der Waals surface area contributed by atoms with Crippen molar-refractivity contribution in [2.45, 2.75) is 70.3 Å². The van der Waals surface area contributed by atoms with E-state index in [2.05, 4.69) is 12.2 Å². The predicted molar refractivity (Wildman–Crippen MR) is 79.0 cm³/mol. The monoisotopic (exact) mass is 276 g/mol. The van der Waals surface area contributed by atoms with Crippen LogP contribution < -0.4 is 11.1 Å². The topological polar surface area (TPSA) is 55.1 Å². The van der Waals surface area contributed by atoms with Crippen molar-refractivity contribution in [3.63, 3.8) is 0 Å². The van der Waals surface area contributed by atoms with E-state index in [-0.39, 0.29) is 11.0 Å². The fourth-order valence-electron chi connectivity index (χ4n) is 6.34. The van der Waals surface area contributed by atoms with Crippen LogP contribution in [0, 0.1) is 22.7 Å². The molecule has 3 nitrogen and oxygen atoms in total. The molecule has 112 valence electrons. The first-order chi connectivity index (χ1) is 9.47. The minimum absolute atomic E-state index is 0.0450. The van der Waals surface area contributed by atoms with Gasteiger partial charge in [0.2, 0.25) is 5.91 Å². The van der Waals surface area contributed by atoms with Gasteiger partial charge in [-0.3, -0.25) is 4.79 Å². The number of carbonyl (C=O) groups excluding carboxylic acids is 1. The minimum Gasteiger partial charge on any atom is -0.349 e. The second-order valence-corrected chi connectivity index (χ2v) is 8.84. The van der Waals surface area contributed by atoms with Crippen molar-refractivity contribution in [3.05, 3.63) is 0 Å². The molecule has 5 rings (SSSR count). The summed E-state index contributed by atoms with van der Waals surface area (Å²) in [5.41, 5.74) is 6.26. The minimum atomic E-state index is -0.0542. The van der Waals surface area contributed by atoms with E-state index >= 15 is 0 Å². The molecular weight excluding hydrogens is 248 g/mol. The number of rotatable bonds is 3. The van der Waals surface area contributed by atoms with Gasteiger partial charge in [0.05, 0.1) is 11.0 Å². The van der Waals surface area contributed by atoms with E-state index < -0.39 is 0 Å². The molecule has 5 fully saturated rings. The number of carbonyl (C=O) groups is 1. The Bertz CT molecular complexity index is 421. The van der Waals surface area contributed by atoms with Crippen molar-refractivity contribution >= 4 is 5.91 Å². The first-order valence-corrected chi connectivity index (χ1v) is 8.49. The van der Waals surface area contributed by atoms with Crippen molar-refractivity contribution in [1.82, 2.24) is 5.32 Å². The van der Waals surface area contributed by atoms with Crippen molar-refractivity contribution in [3.8, 4) is 0 Å². The third kappa shape index (κ3) is 1.78. The summed E-state index contributed by atoms with van der Waals surface area (Å²) >= 11 is 0. The highest BCUT2D eigenvalue weighted by molar-refractivity contribution is 5.84. The maximum absolute atomic E-state index is 13.0. The summed E-state index contributed by atoms with van der Waals surface area (Å²) in [5, 5.41) is 3.39. The second-order valence-electron chi connectivity index (χ2n) is 8.84. The van der Waals surface area contributed by atoms with E-state index in [9.17, 15) is 4.79 Å². The quantitative estimate of drug-likeness (QED) is 0.832. The summed E-state index contributed by atoms with van der Waals surface area (Å²) in [5.74, 6) is 1.97. The maximum atomic E-state index is 13.0. The van der Waals surface area contributed by atoms with Gasteiger partial charge in [-0.15, -0.1) is 0 Å². The van der Waals surface area contributed by atoms with Crippen LogP contribution in [0.4, 0.5) is 0 Å². The Morgan fingerprint density at radius 1 is 1.20 bits per heavy atom. The van der Waals surface area contributed by atoms with Gasteiger partial charge in [0.1, 0.15) is 0 Å². The lowest BCUT2D eigenvalue weighted by Crippen LogP contribution is -2.64. The fraction of sp³-hybridized carbons (Fsp3) is 0.941. The molecule has 5 saturated carbocycles. The van der Waals surface area contributed by atoms with Crippen LogP contribution in [0.25, 0.3) is 0 Å². The van der Waals surface area contributed by atoms with Crippen molar-refractivity contribution < 1.29 is 4.79 Å². The smallest absolute Gasteiger partial charge is 0.226 e. The highest BCUT2D eigenvalue weighted by atomic mass is 16.2. The molecule has 0 heterocycles. The van der Waals surface area contributed by atoms with Gasteiger partial charge < -0.3 is 11.1 Å². The van der Waals surface area contributed by atoms with E-state index in [0.29, 0.717) is 17.9 Å². The molecule has 4 bridgehead atoms. The molecule has 0 aliphatic heterocycles. The molecule has 0 aromatic rings. The summed E-state index contributed by atoms with van der Waals surface area (Å²) < 4.78 is 0. The van der Waals surface area contributed by atoms with E-state index in [4.69, 9.17) is 5.73 Å². The summed E-state index contributed by atoms with van der Waals surface area (Å²) in [6.45, 7) is 3.04. The van der Waals surface area contributed by atoms with Crippen molar-refractivity contribution in [1.29, 1.82) is 0 Å². The van der Waals surface area contributed by atoms with E-state index in [1.165, 1.54) is 25.7 Å². The molecule has 3 heteroatoms. The van der Waals surface area contributed by atoms with Crippen LogP contribution in [0.5, 0.6) is 0 Å². The van der Waals surface area contributed by atoms with Gasteiger partial charge in [-0.25, -0.2) is 0 Å². The number of nitrogens with two attached hydrogens (primary N) is 1. The molecule has 0 aromatic heterocycles. The van der Waals surface area contributed by atoms with Crippen LogP contribution in [0.1, 0.15) is 64.7 Å².